The summed E-state index contributed by atoms with van der Waals surface area (Å²) >= 11 is 0. The molecule has 0 saturated carbocycles. The fraction of sp³-hybridized carbons (Fsp3) is 0.462. The summed E-state index contributed by atoms with van der Waals surface area (Å²) in [6.45, 7) is 4.95. The minimum absolute atomic E-state index is 0.208. The van der Waals surface area contributed by atoms with Crippen LogP contribution in [0.2, 0.25) is 0 Å². The van der Waals surface area contributed by atoms with Crippen LogP contribution in [-0.4, -0.2) is 46.0 Å². The molecule has 0 spiro atoms. The molecule has 1 aliphatic rings. The second-order valence-corrected chi connectivity index (χ2v) is 5.06. The highest BCUT2D eigenvalue weighted by molar-refractivity contribution is 5.43. The van der Waals surface area contributed by atoms with Crippen molar-refractivity contribution in [2.75, 3.05) is 26.7 Å². The van der Waals surface area contributed by atoms with Gasteiger partial charge >= 0.3 is 0 Å². The van der Waals surface area contributed by atoms with Crippen LogP contribution < -0.4 is 5.84 Å². The average Bonchev–Trinajstić information content (AvgIpc) is 2.77. The van der Waals surface area contributed by atoms with E-state index in [2.05, 4.69) is 34.3 Å². The second kappa shape index (κ2) is 4.35. The molecule has 1 saturated heterocycles. The second-order valence-electron chi connectivity index (χ2n) is 5.06. The Balaban J connectivity index is 2.08. The molecule has 1 atom stereocenters. The molecule has 0 aliphatic carbocycles. The summed E-state index contributed by atoms with van der Waals surface area (Å²) < 4.78 is 2.20. The van der Waals surface area contributed by atoms with Gasteiger partial charge in [-0.2, -0.15) is 0 Å². The van der Waals surface area contributed by atoms with E-state index in [-0.39, 0.29) is 6.04 Å². The Bertz CT molecular complexity index is 562. The zero-order chi connectivity index (χ0) is 12.7. The number of likely N-dealkylation sites (N-methyl/N-ethyl adjacent to an activating group) is 1. The number of imidazole rings is 1. The lowest BCUT2D eigenvalue weighted by atomic mass is 10.1. The Morgan fingerprint density at radius 1 is 1.33 bits per heavy atom. The molecule has 2 aromatic rings. The predicted octanol–water partition coefficient (Wildman–Crippen LogP) is 0.805. The van der Waals surface area contributed by atoms with Crippen LogP contribution in [0.4, 0.5) is 0 Å². The Labute approximate surface area is 107 Å². The van der Waals surface area contributed by atoms with E-state index in [9.17, 15) is 0 Å². The molecular weight excluding hydrogens is 226 g/mol. The minimum Gasteiger partial charge on any atom is -0.303 e. The number of fused-ring (bicyclic) bond motifs is 1. The molecule has 1 unspecified atom stereocenters. The first-order chi connectivity index (χ1) is 8.66. The van der Waals surface area contributed by atoms with Crippen molar-refractivity contribution < 1.29 is 0 Å². The highest BCUT2D eigenvalue weighted by Crippen LogP contribution is 2.24. The lowest BCUT2D eigenvalue weighted by Crippen LogP contribution is -2.50. The fourth-order valence-electron chi connectivity index (χ4n) is 2.66. The zero-order valence-corrected chi connectivity index (χ0v) is 10.9. The van der Waals surface area contributed by atoms with E-state index < -0.39 is 0 Å². The molecule has 0 radical (unpaired) electrons. The van der Waals surface area contributed by atoms with Crippen LogP contribution in [0.25, 0.3) is 5.65 Å². The molecule has 5 heteroatoms. The lowest BCUT2D eigenvalue weighted by molar-refractivity contribution is 0.0875. The average molecular weight is 245 g/mol. The molecule has 18 heavy (non-hydrogen) atoms. The number of nitrogens with zero attached hydrogens (tertiary/aromatic N) is 4. The molecular formula is C13H19N5. The summed E-state index contributed by atoms with van der Waals surface area (Å²) in [6, 6.07) is 6.38. The molecule has 2 aromatic heterocycles. The van der Waals surface area contributed by atoms with Crippen molar-refractivity contribution in [1.29, 1.82) is 0 Å². The van der Waals surface area contributed by atoms with Gasteiger partial charge in [0.1, 0.15) is 5.65 Å². The van der Waals surface area contributed by atoms with Gasteiger partial charge < -0.3 is 4.90 Å². The summed E-state index contributed by atoms with van der Waals surface area (Å²) in [5.41, 5.74) is 3.37. The van der Waals surface area contributed by atoms with Crippen molar-refractivity contribution >= 4 is 5.65 Å². The molecule has 0 bridgehead atoms. The van der Waals surface area contributed by atoms with Crippen molar-refractivity contribution in [3.05, 3.63) is 35.8 Å². The molecule has 5 nitrogen and oxygen atoms in total. The number of hydrogen-bond acceptors (Lipinski definition) is 4. The molecule has 96 valence electrons. The van der Waals surface area contributed by atoms with Crippen LogP contribution in [0.5, 0.6) is 0 Å². The molecule has 2 N–H and O–H groups in total. The number of aryl methyl sites for hydroxylation is 1. The van der Waals surface area contributed by atoms with Crippen LogP contribution in [0.3, 0.4) is 0 Å². The predicted molar refractivity (Wildman–Crippen MR) is 71.1 cm³/mol. The van der Waals surface area contributed by atoms with Crippen LogP contribution in [0, 0.1) is 6.92 Å². The van der Waals surface area contributed by atoms with E-state index in [4.69, 9.17) is 5.84 Å². The fourth-order valence-corrected chi connectivity index (χ4v) is 2.66. The third-order valence-electron chi connectivity index (χ3n) is 3.72. The van der Waals surface area contributed by atoms with Gasteiger partial charge in [-0.05, 0) is 26.1 Å². The van der Waals surface area contributed by atoms with Crippen molar-refractivity contribution in [1.82, 2.24) is 19.3 Å². The highest BCUT2D eigenvalue weighted by atomic mass is 15.5. The standard InChI is InChI=1S/C13H19N5/c1-10-4-3-5-13-15-8-11(18(10)13)12-9-16(2)6-7-17(12)14/h3-5,8,12H,6-7,9,14H2,1-2H3. The van der Waals surface area contributed by atoms with E-state index in [0.29, 0.717) is 0 Å². The SMILES string of the molecule is Cc1cccc2ncc(C3CN(C)CCN3N)n12. The van der Waals surface area contributed by atoms with Gasteiger partial charge in [0.25, 0.3) is 0 Å². The third-order valence-corrected chi connectivity index (χ3v) is 3.72. The Hall–Kier alpha value is -1.43. The normalized spacial score (nSPS) is 22.7. The van der Waals surface area contributed by atoms with Crippen LogP contribution in [0.15, 0.2) is 24.4 Å². The van der Waals surface area contributed by atoms with Gasteiger partial charge in [0, 0.05) is 25.3 Å². The van der Waals surface area contributed by atoms with Crippen molar-refractivity contribution in [2.45, 2.75) is 13.0 Å². The van der Waals surface area contributed by atoms with E-state index >= 15 is 0 Å². The van der Waals surface area contributed by atoms with E-state index in [1.54, 1.807) is 0 Å². The first kappa shape index (κ1) is 11.6. The maximum absolute atomic E-state index is 6.14. The number of hydrazine groups is 1. The summed E-state index contributed by atoms with van der Waals surface area (Å²) in [7, 11) is 2.14. The Morgan fingerprint density at radius 2 is 2.17 bits per heavy atom. The number of pyridine rings is 1. The van der Waals surface area contributed by atoms with Gasteiger partial charge in [-0.1, -0.05) is 6.07 Å². The monoisotopic (exact) mass is 245 g/mol. The summed E-state index contributed by atoms with van der Waals surface area (Å²) in [5.74, 6) is 6.14. The maximum Gasteiger partial charge on any atom is 0.137 e. The molecule has 0 amide bonds. The van der Waals surface area contributed by atoms with Gasteiger partial charge in [-0.3, -0.25) is 10.2 Å². The van der Waals surface area contributed by atoms with Crippen LogP contribution in [-0.2, 0) is 0 Å². The van der Waals surface area contributed by atoms with Gasteiger partial charge in [-0.25, -0.2) is 9.99 Å². The Kier molecular flexibility index (Phi) is 2.81. The molecule has 1 aliphatic heterocycles. The third kappa shape index (κ3) is 1.80. The van der Waals surface area contributed by atoms with Crippen LogP contribution in [0.1, 0.15) is 17.4 Å². The van der Waals surface area contributed by atoms with E-state index in [1.165, 1.54) is 11.4 Å². The summed E-state index contributed by atoms with van der Waals surface area (Å²) in [6.07, 6.45) is 1.95. The maximum atomic E-state index is 6.14. The lowest BCUT2D eigenvalue weighted by Gasteiger charge is -2.36. The topological polar surface area (TPSA) is 49.8 Å². The number of hydrogen-bond donors (Lipinski definition) is 1. The van der Waals surface area contributed by atoms with Gasteiger partial charge in [-0.15, -0.1) is 0 Å². The largest absolute Gasteiger partial charge is 0.303 e. The minimum atomic E-state index is 0.208. The number of rotatable bonds is 1. The van der Waals surface area contributed by atoms with Crippen molar-refractivity contribution in [3.63, 3.8) is 0 Å². The first-order valence-electron chi connectivity index (χ1n) is 6.29. The molecule has 3 rings (SSSR count). The molecule has 3 heterocycles. The van der Waals surface area contributed by atoms with Gasteiger partial charge in [0.05, 0.1) is 17.9 Å². The molecule has 1 fully saturated rings. The van der Waals surface area contributed by atoms with Crippen molar-refractivity contribution in [3.8, 4) is 0 Å². The summed E-state index contributed by atoms with van der Waals surface area (Å²) in [4.78, 5) is 6.79. The van der Waals surface area contributed by atoms with Gasteiger partial charge in [0.2, 0.25) is 0 Å². The number of piperazine rings is 1. The molecule has 0 aromatic carbocycles. The zero-order valence-electron chi connectivity index (χ0n) is 10.9. The number of aromatic nitrogens is 2. The first-order valence-corrected chi connectivity index (χ1v) is 6.29. The van der Waals surface area contributed by atoms with E-state index in [1.807, 2.05) is 23.3 Å². The van der Waals surface area contributed by atoms with E-state index in [0.717, 1.165) is 25.3 Å². The highest BCUT2D eigenvalue weighted by Gasteiger charge is 2.27. The van der Waals surface area contributed by atoms with Crippen LogP contribution >= 0.6 is 0 Å². The quantitative estimate of drug-likeness (QED) is 0.755. The Morgan fingerprint density at radius 3 is 3.00 bits per heavy atom. The number of nitrogens with two attached hydrogens (primary N) is 1. The van der Waals surface area contributed by atoms with Gasteiger partial charge in [0.15, 0.2) is 0 Å². The smallest absolute Gasteiger partial charge is 0.137 e. The van der Waals surface area contributed by atoms with Crippen molar-refractivity contribution in [2.24, 2.45) is 5.84 Å². The summed E-state index contributed by atoms with van der Waals surface area (Å²) in [5, 5.41) is 1.93.